The first-order valence-electron chi connectivity index (χ1n) is 11.5. The highest BCUT2D eigenvalue weighted by molar-refractivity contribution is 6.14. The summed E-state index contributed by atoms with van der Waals surface area (Å²) >= 11 is 0. The Hall–Kier alpha value is -3.38. The SMILES string of the molecule is Cc1cc(C)c(-c2ccc3cc4ccccc4c(-c4c(C)cc(C)cc4C)c3c2)c(C)c1. The van der Waals surface area contributed by atoms with Gasteiger partial charge < -0.3 is 0 Å². The Morgan fingerprint density at radius 3 is 1.56 bits per heavy atom. The molecule has 0 atom stereocenters. The fraction of sp³-hybridized carbons (Fsp3) is 0.188. The molecule has 32 heavy (non-hydrogen) atoms. The minimum atomic E-state index is 1.30. The van der Waals surface area contributed by atoms with Gasteiger partial charge in [0.2, 0.25) is 0 Å². The van der Waals surface area contributed by atoms with Gasteiger partial charge in [0, 0.05) is 0 Å². The summed E-state index contributed by atoms with van der Waals surface area (Å²) in [6.45, 7) is 13.3. The van der Waals surface area contributed by atoms with Crippen molar-refractivity contribution in [1.29, 1.82) is 0 Å². The molecule has 0 unspecified atom stereocenters. The molecular weight excluding hydrogens is 384 g/mol. The Kier molecular flexibility index (Phi) is 4.90. The van der Waals surface area contributed by atoms with E-state index in [1.54, 1.807) is 0 Å². The van der Waals surface area contributed by atoms with Crippen LogP contribution in [0.3, 0.4) is 0 Å². The van der Waals surface area contributed by atoms with Gasteiger partial charge in [-0.25, -0.2) is 0 Å². The van der Waals surface area contributed by atoms with E-state index in [2.05, 4.69) is 114 Å². The number of hydrogen-bond acceptors (Lipinski definition) is 0. The predicted molar refractivity (Wildman–Crippen MR) is 141 cm³/mol. The maximum absolute atomic E-state index is 2.42. The van der Waals surface area contributed by atoms with Gasteiger partial charge in [-0.3, -0.25) is 0 Å². The molecule has 0 heteroatoms. The van der Waals surface area contributed by atoms with Crippen LogP contribution < -0.4 is 0 Å². The smallest absolute Gasteiger partial charge is 0.00213 e. The summed E-state index contributed by atoms with van der Waals surface area (Å²) in [5, 5.41) is 5.24. The Labute approximate surface area is 191 Å². The molecular formula is C32H30. The zero-order valence-corrected chi connectivity index (χ0v) is 19.9. The van der Waals surface area contributed by atoms with E-state index in [9.17, 15) is 0 Å². The molecule has 5 rings (SSSR count). The standard InChI is InChI=1S/C32H30/c1-19-13-21(3)30(22(4)14-19)27-12-11-26-17-25-9-7-8-10-28(25)32(29(26)18-27)31-23(5)15-20(2)16-24(31)6/h7-18H,1-6H3. The van der Waals surface area contributed by atoms with E-state index < -0.39 is 0 Å². The second-order valence-corrected chi connectivity index (χ2v) is 9.46. The van der Waals surface area contributed by atoms with Crippen molar-refractivity contribution in [1.82, 2.24) is 0 Å². The van der Waals surface area contributed by atoms with Gasteiger partial charge in [-0.15, -0.1) is 0 Å². The molecule has 0 saturated carbocycles. The van der Waals surface area contributed by atoms with Crippen LogP contribution in [0.15, 0.2) is 72.8 Å². The van der Waals surface area contributed by atoms with E-state index >= 15 is 0 Å². The van der Waals surface area contributed by atoms with Crippen LogP contribution in [0, 0.1) is 41.5 Å². The zero-order chi connectivity index (χ0) is 22.6. The average Bonchev–Trinajstić information content (AvgIpc) is 2.72. The predicted octanol–water partition coefficient (Wildman–Crippen LogP) is 9.18. The van der Waals surface area contributed by atoms with Crippen LogP contribution in [0.2, 0.25) is 0 Å². The average molecular weight is 415 g/mol. The second kappa shape index (κ2) is 7.64. The maximum atomic E-state index is 2.42. The largest absolute Gasteiger partial charge is 0.0616 e. The third-order valence-electron chi connectivity index (χ3n) is 6.76. The van der Waals surface area contributed by atoms with E-state index in [1.165, 1.54) is 77.2 Å². The van der Waals surface area contributed by atoms with Crippen LogP contribution in [0.1, 0.15) is 33.4 Å². The minimum absolute atomic E-state index is 1.30. The monoisotopic (exact) mass is 414 g/mol. The first-order chi connectivity index (χ1) is 15.3. The molecule has 0 aliphatic heterocycles. The van der Waals surface area contributed by atoms with Gasteiger partial charge in [0.1, 0.15) is 0 Å². The van der Waals surface area contributed by atoms with Crippen molar-refractivity contribution >= 4 is 21.5 Å². The molecule has 158 valence electrons. The van der Waals surface area contributed by atoms with Gasteiger partial charge in [0.15, 0.2) is 0 Å². The van der Waals surface area contributed by atoms with Crippen molar-refractivity contribution in [3.8, 4) is 22.3 Å². The van der Waals surface area contributed by atoms with Crippen molar-refractivity contribution in [3.05, 3.63) is 106 Å². The highest BCUT2D eigenvalue weighted by Crippen LogP contribution is 2.42. The van der Waals surface area contributed by atoms with Gasteiger partial charge in [0.25, 0.3) is 0 Å². The van der Waals surface area contributed by atoms with Crippen molar-refractivity contribution in [3.63, 3.8) is 0 Å². The van der Waals surface area contributed by atoms with E-state index in [1.807, 2.05) is 0 Å². The molecule has 0 aliphatic rings. The molecule has 0 N–H and O–H groups in total. The molecule has 0 fully saturated rings. The molecule has 0 amide bonds. The van der Waals surface area contributed by atoms with Gasteiger partial charge in [-0.1, -0.05) is 71.8 Å². The molecule has 0 aliphatic carbocycles. The molecule has 5 aromatic carbocycles. The van der Waals surface area contributed by atoms with Crippen LogP contribution in [-0.4, -0.2) is 0 Å². The zero-order valence-electron chi connectivity index (χ0n) is 19.9. The van der Waals surface area contributed by atoms with Crippen molar-refractivity contribution < 1.29 is 0 Å². The van der Waals surface area contributed by atoms with Crippen LogP contribution in [0.4, 0.5) is 0 Å². The van der Waals surface area contributed by atoms with E-state index in [0.29, 0.717) is 0 Å². The number of aryl methyl sites for hydroxylation is 6. The summed E-state index contributed by atoms with van der Waals surface area (Å²) in [6.07, 6.45) is 0. The van der Waals surface area contributed by atoms with Crippen LogP contribution >= 0.6 is 0 Å². The topological polar surface area (TPSA) is 0 Å². The molecule has 0 saturated heterocycles. The fourth-order valence-electron chi connectivity index (χ4n) is 5.70. The first kappa shape index (κ1) is 20.5. The highest BCUT2D eigenvalue weighted by atomic mass is 14.2. The first-order valence-corrected chi connectivity index (χ1v) is 11.5. The third-order valence-corrected chi connectivity index (χ3v) is 6.76. The summed E-state index contributed by atoms with van der Waals surface area (Å²) in [5.74, 6) is 0. The van der Waals surface area contributed by atoms with E-state index in [4.69, 9.17) is 0 Å². The molecule has 0 radical (unpaired) electrons. The maximum Gasteiger partial charge on any atom is -0.00213 e. The van der Waals surface area contributed by atoms with Gasteiger partial charge >= 0.3 is 0 Å². The Bertz CT molecular complexity index is 1470. The Morgan fingerprint density at radius 2 is 0.938 bits per heavy atom. The van der Waals surface area contributed by atoms with Gasteiger partial charge in [-0.2, -0.15) is 0 Å². The quantitative estimate of drug-likeness (QED) is 0.253. The lowest BCUT2D eigenvalue weighted by atomic mass is 9.85. The van der Waals surface area contributed by atoms with Crippen molar-refractivity contribution in [2.75, 3.05) is 0 Å². The lowest BCUT2D eigenvalue weighted by molar-refractivity contribution is 1.32. The summed E-state index contributed by atoms with van der Waals surface area (Å²) in [4.78, 5) is 0. The summed E-state index contributed by atoms with van der Waals surface area (Å²) < 4.78 is 0. The lowest BCUT2D eigenvalue weighted by Gasteiger charge is -2.19. The third kappa shape index (κ3) is 3.31. The highest BCUT2D eigenvalue weighted by Gasteiger charge is 2.16. The molecule has 0 heterocycles. The summed E-state index contributed by atoms with van der Waals surface area (Å²) in [6, 6.07) is 27.4. The normalized spacial score (nSPS) is 11.4. The fourth-order valence-corrected chi connectivity index (χ4v) is 5.70. The minimum Gasteiger partial charge on any atom is -0.0616 e. The number of hydrogen-bond donors (Lipinski definition) is 0. The van der Waals surface area contributed by atoms with Crippen molar-refractivity contribution in [2.45, 2.75) is 41.5 Å². The Morgan fingerprint density at radius 1 is 0.406 bits per heavy atom. The Balaban J connectivity index is 1.92. The van der Waals surface area contributed by atoms with Crippen LogP contribution in [0.25, 0.3) is 43.8 Å². The van der Waals surface area contributed by atoms with E-state index in [0.717, 1.165) is 0 Å². The van der Waals surface area contributed by atoms with Crippen LogP contribution in [0.5, 0.6) is 0 Å². The van der Waals surface area contributed by atoms with Crippen LogP contribution in [-0.2, 0) is 0 Å². The lowest BCUT2D eigenvalue weighted by Crippen LogP contribution is -1.94. The van der Waals surface area contributed by atoms with E-state index in [-0.39, 0.29) is 0 Å². The number of fused-ring (bicyclic) bond motifs is 2. The number of benzene rings is 5. The summed E-state index contributed by atoms with van der Waals surface area (Å²) in [7, 11) is 0. The second-order valence-electron chi connectivity index (χ2n) is 9.46. The van der Waals surface area contributed by atoms with Crippen molar-refractivity contribution in [2.24, 2.45) is 0 Å². The van der Waals surface area contributed by atoms with Gasteiger partial charge in [-0.05, 0) is 120 Å². The molecule has 0 nitrogen and oxygen atoms in total. The molecule has 0 spiro atoms. The molecule has 0 aromatic heterocycles. The molecule has 0 bridgehead atoms. The summed E-state index contributed by atoms with van der Waals surface area (Å²) in [5.41, 5.74) is 13.4. The number of rotatable bonds is 2. The van der Waals surface area contributed by atoms with Gasteiger partial charge in [0.05, 0.1) is 0 Å². The molecule has 5 aromatic rings.